The van der Waals surface area contributed by atoms with Crippen LogP contribution in [0.3, 0.4) is 0 Å². The SMILES string of the molecule is Br.Br.NC1CSC(CCCCC(=O)O)C1N. The van der Waals surface area contributed by atoms with Crippen molar-refractivity contribution in [2.45, 2.75) is 43.0 Å². The molecule has 0 amide bonds. The largest absolute Gasteiger partial charge is 0.481 e. The van der Waals surface area contributed by atoms with E-state index in [1.807, 2.05) is 11.8 Å². The van der Waals surface area contributed by atoms with Gasteiger partial charge in [-0.1, -0.05) is 6.42 Å². The van der Waals surface area contributed by atoms with Gasteiger partial charge in [-0.3, -0.25) is 4.79 Å². The minimum atomic E-state index is -0.718. The summed E-state index contributed by atoms with van der Waals surface area (Å²) in [6.07, 6.45) is 2.93. The Morgan fingerprint density at radius 2 is 1.94 bits per heavy atom. The maximum absolute atomic E-state index is 10.3. The molecular formula is C9H20Br2N2O2S. The Balaban J connectivity index is 0. The molecule has 0 aromatic carbocycles. The Bertz CT molecular complexity index is 210. The number of carbonyl (C=O) groups is 1. The molecule has 4 nitrogen and oxygen atoms in total. The third-order valence-corrected chi connectivity index (χ3v) is 4.11. The molecule has 1 fully saturated rings. The Morgan fingerprint density at radius 3 is 2.38 bits per heavy atom. The summed E-state index contributed by atoms with van der Waals surface area (Å²) in [5, 5.41) is 8.88. The molecule has 3 atom stereocenters. The van der Waals surface area contributed by atoms with Gasteiger partial charge in [0.05, 0.1) is 0 Å². The lowest BCUT2D eigenvalue weighted by atomic mass is 10.0. The summed E-state index contributed by atoms with van der Waals surface area (Å²) < 4.78 is 0. The molecule has 0 saturated carbocycles. The van der Waals surface area contributed by atoms with Crippen molar-refractivity contribution in [1.29, 1.82) is 0 Å². The molecule has 0 radical (unpaired) electrons. The van der Waals surface area contributed by atoms with E-state index in [9.17, 15) is 4.79 Å². The molecule has 1 rings (SSSR count). The summed E-state index contributed by atoms with van der Waals surface area (Å²) in [7, 11) is 0. The number of carboxylic acid groups (broad SMARTS) is 1. The average molecular weight is 380 g/mol. The van der Waals surface area contributed by atoms with Crippen molar-refractivity contribution in [3.63, 3.8) is 0 Å². The van der Waals surface area contributed by atoms with Crippen LogP contribution < -0.4 is 11.5 Å². The van der Waals surface area contributed by atoms with Gasteiger partial charge in [-0.2, -0.15) is 11.8 Å². The quantitative estimate of drug-likeness (QED) is 0.630. The van der Waals surface area contributed by atoms with Gasteiger partial charge in [0, 0.05) is 29.5 Å². The molecule has 1 saturated heterocycles. The van der Waals surface area contributed by atoms with Crippen molar-refractivity contribution >= 4 is 51.7 Å². The first kappa shape index (κ1) is 19.0. The zero-order valence-corrected chi connectivity index (χ0v) is 13.2. The normalized spacial score (nSPS) is 28.0. The molecule has 1 aliphatic rings. The molecule has 3 unspecified atom stereocenters. The van der Waals surface area contributed by atoms with Crippen LogP contribution in [-0.4, -0.2) is 34.2 Å². The van der Waals surface area contributed by atoms with E-state index in [1.54, 1.807) is 0 Å². The molecule has 0 bridgehead atoms. The van der Waals surface area contributed by atoms with E-state index in [-0.39, 0.29) is 52.5 Å². The van der Waals surface area contributed by atoms with E-state index in [4.69, 9.17) is 16.6 Å². The second-order valence-corrected chi connectivity index (χ2v) is 5.02. The van der Waals surface area contributed by atoms with Gasteiger partial charge in [-0.15, -0.1) is 34.0 Å². The van der Waals surface area contributed by atoms with Crippen LogP contribution in [0.4, 0.5) is 0 Å². The summed E-state index contributed by atoms with van der Waals surface area (Å²) in [6, 6.07) is 0.203. The molecule has 1 aliphatic heterocycles. The van der Waals surface area contributed by atoms with Gasteiger partial charge in [0.15, 0.2) is 0 Å². The molecule has 0 aliphatic carbocycles. The molecule has 1 heterocycles. The Hall–Kier alpha value is 0.700. The topological polar surface area (TPSA) is 89.3 Å². The molecule has 0 spiro atoms. The van der Waals surface area contributed by atoms with Crippen LogP contribution in [0, 0.1) is 0 Å². The van der Waals surface area contributed by atoms with Crippen LogP contribution in [0.15, 0.2) is 0 Å². The lowest BCUT2D eigenvalue weighted by Crippen LogP contribution is -2.43. The van der Waals surface area contributed by atoms with Crippen LogP contribution in [0.25, 0.3) is 0 Å². The summed E-state index contributed by atoms with van der Waals surface area (Å²) >= 11 is 1.82. The highest BCUT2D eigenvalue weighted by molar-refractivity contribution is 8.93. The fourth-order valence-electron chi connectivity index (χ4n) is 1.63. The first-order valence-electron chi connectivity index (χ1n) is 4.96. The van der Waals surface area contributed by atoms with E-state index >= 15 is 0 Å². The number of hydrogen-bond donors (Lipinski definition) is 3. The Morgan fingerprint density at radius 1 is 1.31 bits per heavy atom. The van der Waals surface area contributed by atoms with E-state index in [2.05, 4.69) is 0 Å². The molecule has 0 aromatic heterocycles. The number of carboxylic acids is 1. The number of hydrogen-bond acceptors (Lipinski definition) is 4. The zero-order chi connectivity index (χ0) is 10.6. The second-order valence-electron chi connectivity index (χ2n) is 3.75. The molecular weight excluding hydrogens is 360 g/mol. The maximum atomic E-state index is 10.3. The standard InChI is InChI=1S/C9H18N2O2S.2BrH/c10-6-5-14-7(9(6)11)3-1-2-4-8(12)13;;/h6-7,9H,1-5,10-11H2,(H,12,13);2*1H. The van der Waals surface area contributed by atoms with Crippen LogP contribution in [-0.2, 0) is 4.79 Å². The summed E-state index contributed by atoms with van der Waals surface area (Å²) in [5.41, 5.74) is 11.7. The van der Waals surface area contributed by atoms with Crippen LogP contribution in [0.2, 0.25) is 0 Å². The van der Waals surface area contributed by atoms with Crippen molar-refractivity contribution in [1.82, 2.24) is 0 Å². The summed E-state index contributed by atoms with van der Waals surface area (Å²) in [4.78, 5) is 10.3. The maximum Gasteiger partial charge on any atom is 0.303 e. The van der Waals surface area contributed by atoms with E-state index in [0.717, 1.165) is 25.0 Å². The van der Waals surface area contributed by atoms with E-state index in [1.165, 1.54) is 0 Å². The second kappa shape index (κ2) is 9.70. The minimum Gasteiger partial charge on any atom is -0.481 e. The predicted octanol–water partition coefficient (Wildman–Crippen LogP) is 1.56. The van der Waals surface area contributed by atoms with Crippen LogP contribution in [0.1, 0.15) is 25.7 Å². The van der Waals surface area contributed by atoms with Crippen LogP contribution in [0.5, 0.6) is 0 Å². The highest BCUT2D eigenvalue weighted by atomic mass is 79.9. The number of aliphatic carboxylic acids is 1. The summed E-state index contributed by atoms with van der Waals surface area (Å²) in [5.74, 6) is 0.218. The molecule has 16 heavy (non-hydrogen) atoms. The Kier molecular flexibility index (Phi) is 11.6. The van der Waals surface area contributed by atoms with Crippen molar-refractivity contribution in [2.24, 2.45) is 11.5 Å². The van der Waals surface area contributed by atoms with E-state index < -0.39 is 5.97 Å². The summed E-state index contributed by atoms with van der Waals surface area (Å²) in [6.45, 7) is 0. The van der Waals surface area contributed by atoms with E-state index in [0.29, 0.717) is 5.25 Å². The van der Waals surface area contributed by atoms with Gasteiger partial charge in [0.25, 0.3) is 0 Å². The van der Waals surface area contributed by atoms with Gasteiger partial charge in [-0.25, -0.2) is 0 Å². The van der Waals surface area contributed by atoms with Gasteiger partial charge in [0.2, 0.25) is 0 Å². The number of thioether (sulfide) groups is 1. The fourth-order valence-corrected chi connectivity index (χ4v) is 3.08. The Labute approximate surface area is 121 Å². The fraction of sp³-hybridized carbons (Fsp3) is 0.889. The van der Waals surface area contributed by atoms with Gasteiger partial charge < -0.3 is 16.6 Å². The third kappa shape index (κ3) is 6.44. The number of nitrogens with two attached hydrogens (primary N) is 2. The zero-order valence-electron chi connectivity index (χ0n) is 9.00. The lowest BCUT2D eigenvalue weighted by Gasteiger charge is -2.16. The van der Waals surface area contributed by atoms with Gasteiger partial charge in [-0.05, 0) is 12.8 Å². The molecule has 98 valence electrons. The van der Waals surface area contributed by atoms with Crippen molar-refractivity contribution in [3.8, 4) is 0 Å². The smallest absolute Gasteiger partial charge is 0.303 e. The highest BCUT2D eigenvalue weighted by Gasteiger charge is 2.30. The number of halogens is 2. The first-order chi connectivity index (χ1) is 6.61. The number of rotatable bonds is 5. The van der Waals surface area contributed by atoms with Gasteiger partial charge in [0.1, 0.15) is 0 Å². The van der Waals surface area contributed by atoms with Crippen LogP contribution >= 0.6 is 45.7 Å². The first-order valence-corrected chi connectivity index (χ1v) is 6.00. The lowest BCUT2D eigenvalue weighted by molar-refractivity contribution is -0.137. The van der Waals surface area contributed by atoms with Crippen molar-refractivity contribution in [3.05, 3.63) is 0 Å². The minimum absolute atomic E-state index is 0. The van der Waals surface area contributed by atoms with Crippen molar-refractivity contribution in [2.75, 3.05) is 5.75 Å². The monoisotopic (exact) mass is 378 g/mol. The van der Waals surface area contributed by atoms with Crippen molar-refractivity contribution < 1.29 is 9.90 Å². The number of unbranched alkanes of at least 4 members (excludes halogenated alkanes) is 1. The molecule has 0 aromatic rings. The third-order valence-electron chi connectivity index (χ3n) is 2.56. The molecule has 7 heteroatoms. The highest BCUT2D eigenvalue weighted by Crippen LogP contribution is 2.28. The average Bonchev–Trinajstić information content (AvgIpc) is 2.43. The predicted molar refractivity (Wildman–Crippen MR) is 78.9 cm³/mol. The molecule has 5 N–H and O–H groups in total. The van der Waals surface area contributed by atoms with Gasteiger partial charge >= 0.3 is 5.97 Å².